The molecule has 0 saturated carbocycles. The van der Waals surface area contributed by atoms with Crippen LogP contribution in [0.1, 0.15) is 10.8 Å². The minimum atomic E-state index is -0.279. The Hall–Kier alpha value is -0.850. The normalized spacial score (nSPS) is 14.3. The molecule has 1 aromatic carbocycles. The van der Waals surface area contributed by atoms with E-state index < -0.39 is 0 Å². The summed E-state index contributed by atoms with van der Waals surface area (Å²) in [5.41, 5.74) is 11.5. The molecular formula is C12H17ClN4S2. The van der Waals surface area contributed by atoms with Crippen molar-refractivity contribution >= 4 is 47.3 Å². The topological polar surface area (TPSA) is 76.8 Å². The van der Waals surface area contributed by atoms with Crippen molar-refractivity contribution in [1.29, 1.82) is 0 Å². The second-order valence-electron chi connectivity index (χ2n) is 3.66. The summed E-state index contributed by atoms with van der Waals surface area (Å²) in [5.74, 6) is -0.0786. The monoisotopic (exact) mass is 316 g/mol. The molecule has 0 aliphatic carbocycles. The Bertz CT molecular complexity index is 444. The molecule has 0 saturated heterocycles. The van der Waals surface area contributed by atoms with E-state index in [1.54, 1.807) is 29.7 Å². The lowest BCUT2D eigenvalue weighted by molar-refractivity contribution is 1.02. The molecular weight excluding hydrogens is 300 g/mol. The Morgan fingerprint density at radius 3 is 2.37 bits per heavy atom. The first-order valence-electron chi connectivity index (χ1n) is 5.51. The standard InChI is InChI=1S/C12H17ClN4S2/c1-18-9-5-3-8(4-6-9)11(19-2)10(13)7-16-17-12(14)15/h3-7,10-11H,1-2H3,(H4,14,15,17). The van der Waals surface area contributed by atoms with Crippen LogP contribution in [0.25, 0.3) is 0 Å². The van der Waals surface area contributed by atoms with E-state index in [0.29, 0.717) is 0 Å². The first-order valence-corrected chi connectivity index (χ1v) is 8.46. The van der Waals surface area contributed by atoms with Crippen LogP contribution in [0, 0.1) is 0 Å². The van der Waals surface area contributed by atoms with E-state index in [2.05, 4.69) is 34.5 Å². The third kappa shape index (κ3) is 5.34. The zero-order valence-electron chi connectivity index (χ0n) is 10.8. The molecule has 1 aromatic rings. The Morgan fingerprint density at radius 2 is 1.89 bits per heavy atom. The summed E-state index contributed by atoms with van der Waals surface area (Å²) < 4.78 is 0. The maximum atomic E-state index is 6.31. The van der Waals surface area contributed by atoms with Crippen molar-refractivity contribution in [3.63, 3.8) is 0 Å². The molecule has 0 spiro atoms. The van der Waals surface area contributed by atoms with E-state index in [4.69, 9.17) is 23.1 Å². The lowest BCUT2D eigenvalue weighted by Gasteiger charge is -2.17. The minimum absolute atomic E-state index is 0.0786. The van der Waals surface area contributed by atoms with Gasteiger partial charge in [0.25, 0.3) is 0 Å². The minimum Gasteiger partial charge on any atom is -0.369 e. The molecule has 4 nitrogen and oxygen atoms in total. The largest absolute Gasteiger partial charge is 0.369 e. The second-order valence-corrected chi connectivity index (χ2v) is 6.03. The van der Waals surface area contributed by atoms with E-state index in [1.807, 2.05) is 12.5 Å². The number of benzene rings is 1. The van der Waals surface area contributed by atoms with Gasteiger partial charge in [0.15, 0.2) is 0 Å². The van der Waals surface area contributed by atoms with Gasteiger partial charge in [0.2, 0.25) is 5.96 Å². The quantitative estimate of drug-likeness (QED) is 0.278. The van der Waals surface area contributed by atoms with Gasteiger partial charge in [0.05, 0.1) is 10.6 Å². The number of alkyl halides is 1. The summed E-state index contributed by atoms with van der Waals surface area (Å²) in [7, 11) is 0. The molecule has 2 unspecified atom stereocenters. The van der Waals surface area contributed by atoms with Gasteiger partial charge >= 0.3 is 0 Å². The number of hydrogen-bond acceptors (Lipinski definition) is 4. The molecule has 0 heterocycles. The van der Waals surface area contributed by atoms with Crippen LogP contribution in [0.5, 0.6) is 0 Å². The van der Waals surface area contributed by atoms with Crippen LogP contribution in [0.3, 0.4) is 0 Å². The van der Waals surface area contributed by atoms with Crippen molar-refractivity contribution in [3.8, 4) is 0 Å². The number of nitrogens with two attached hydrogens (primary N) is 2. The zero-order chi connectivity index (χ0) is 14.3. The first-order chi connectivity index (χ1) is 9.08. The second kappa shape index (κ2) is 8.35. The fourth-order valence-electron chi connectivity index (χ4n) is 1.49. The third-order valence-corrected chi connectivity index (χ3v) is 4.70. The predicted molar refractivity (Wildman–Crippen MR) is 88.4 cm³/mol. The van der Waals surface area contributed by atoms with Crippen molar-refractivity contribution in [2.24, 2.45) is 21.7 Å². The van der Waals surface area contributed by atoms with Crippen LogP contribution in [-0.4, -0.2) is 30.1 Å². The molecule has 1 rings (SSSR count). The summed E-state index contributed by atoms with van der Waals surface area (Å²) in [6, 6.07) is 8.33. The molecule has 2 atom stereocenters. The molecule has 0 aliphatic rings. The van der Waals surface area contributed by atoms with Gasteiger partial charge in [-0.25, -0.2) is 0 Å². The predicted octanol–water partition coefficient (Wildman–Crippen LogP) is 2.68. The molecule has 0 fully saturated rings. The molecule has 0 aromatic heterocycles. The van der Waals surface area contributed by atoms with Crippen molar-refractivity contribution in [1.82, 2.24) is 0 Å². The van der Waals surface area contributed by atoms with Crippen molar-refractivity contribution < 1.29 is 0 Å². The van der Waals surface area contributed by atoms with Crippen LogP contribution in [0.2, 0.25) is 0 Å². The Kier molecular flexibility index (Phi) is 7.12. The highest BCUT2D eigenvalue weighted by Crippen LogP contribution is 2.33. The maximum Gasteiger partial charge on any atom is 0.211 e. The van der Waals surface area contributed by atoms with E-state index in [9.17, 15) is 0 Å². The fraction of sp³-hybridized carbons (Fsp3) is 0.333. The van der Waals surface area contributed by atoms with Crippen molar-refractivity contribution in [3.05, 3.63) is 29.8 Å². The van der Waals surface area contributed by atoms with E-state index in [-0.39, 0.29) is 16.6 Å². The highest BCUT2D eigenvalue weighted by atomic mass is 35.5. The van der Waals surface area contributed by atoms with Gasteiger partial charge in [-0.2, -0.15) is 16.9 Å². The summed E-state index contributed by atoms with van der Waals surface area (Å²) in [4.78, 5) is 1.23. The highest BCUT2D eigenvalue weighted by Gasteiger charge is 2.18. The number of rotatable bonds is 6. The summed E-state index contributed by atoms with van der Waals surface area (Å²) in [5, 5.41) is 7.14. The molecule has 0 radical (unpaired) electrons. The summed E-state index contributed by atoms with van der Waals surface area (Å²) in [6.45, 7) is 0. The first kappa shape index (κ1) is 16.2. The summed E-state index contributed by atoms with van der Waals surface area (Å²) >= 11 is 9.69. The van der Waals surface area contributed by atoms with Crippen LogP contribution in [0.15, 0.2) is 39.4 Å². The van der Waals surface area contributed by atoms with Crippen LogP contribution in [0.4, 0.5) is 0 Å². The van der Waals surface area contributed by atoms with Crippen molar-refractivity contribution in [2.75, 3.05) is 12.5 Å². The molecule has 7 heteroatoms. The van der Waals surface area contributed by atoms with E-state index >= 15 is 0 Å². The van der Waals surface area contributed by atoms with Gasteiger partial charge in [-0.15, -0.1) is 28.5 Å². The van der Waals surface area contributed by atoms with Crippen LogP contribution < -0.4 is 11.5 Å². The third-order valence-electron chi connectivity index (χ3n) is 2.37. The molecule has 4 N–H and O–H groups in total. The van der Waals surface area contributed by atoms with Gasteiger partial charge in [0, 0.05) is 11.1 Å². The Morgan fingerprint density at radius 1 is 1.26 bits per heavy atom. The fourth-order valence-corrected chi connectivity index (χ4v) is 3.16. The number of guanidine groups is 1. The van der Waals surface area contributed by atoms with E-state index in [1.165, 1.54) is 4.90 Å². The molecule has 0 bridgehead atoms. The van der Waals surface area contributed by atoms with Crippen LogP contribution >= 0.6 is 35.1 Å². The lowest BCUT2D eigenvalue weighted by Crippen LogP contribution is -2.22. The van der Waals surface area contributed by atoms with Crippen LogP contribution in [-0.2, 0) is 0 Å². The van der Waals surface area contributed by atoms with Gasteiger partial charge in [-0.3, -0.25) is 0 Å². The molecule has 104 valence electrons. The van der Waals surface area contributed by atoms with E-state index in [0.717, 1.165) is 5.56 Å². The number of nitrogens with zero attached hydrogens (tertiary/aromatic N) is 2. The number of hydrogen-bond donors (Lipinski definition) is 2. The average Bonchev–Trinajstić information content (AvgIpc) is 2.40. The van der Waals surface area contributed by atoms with Gasteiger partial charge in [-0.05, 0) is 30.2 Å². The summed E-state index contributed by atoms with van der Waals surface area (Å²) in [6.07, 6.45) is 5.61. The molecule has 0 aliphatic heterocycles. The number of thioether (sulfide) groups is 2. The number of halogens is 1. The van der Waals surface area contributed by atoms with Crippen molar-refractivity contribution in [2.45, 2.75) is 15.5 Å². The van der Waals surface area contributed by atoms with Gasteiger partial charge in [-0.1, -0.05) is 12.1 Å². The van der Waals surface area contributed by atoms with Gasteiger partial charge < -0.3 is 11.5 Å². The zero-order valence-corrected chi connectivity index (χ0v) is 13.2. The molecule has 19 heavy (non-hydrogen) atoms. The lowest BCUT2D eigenvalue weighted by atomic mass is 10.1. The van der Waals surface area contributed by atoms with Gasteiger partial charge in [0.1, 0.15) is 0 Å². The Labute approximate surface area is 127 Å². The SMILES string of the molecule is CSc1ccc(C(SC)C(Cl)C=NN=C(N)N)cc1. The highest BCUT2D eigenvalue weighted by molar-refractivity contribution is 7.99. The molecule has 0 amide bonds. The maximum absolute atomic E-state index is 6.31. The smallest absolute Gasteiger partial charge is 0.211 e. The Balaban J connectivity index is 2.80. The average molecular weight is 317 g/mol.